The van der Waals surface area contributed by atoms with Gasteiger partial charge in [-0.3, -0.25) is 4.79 Å². The molecule has 2 N–H and O–H groups in total. The van der Waals surface area contributed by atoms with E-state index < -0.39 is 0 Å². The summed E-state index contributed by atoms with van der Waals surface area (Å²) in [6, 6.07) is 13.5. The summed E-state index contributed by atoms with van der Waals surface area (Å²) in [4.78, 5) is 12.5. The van der Waals surface area contributed by atoms with Crippen LogP contribution in [0.15, 0.2) is 48.5 Å². The number of para-hydroxylation sites is 2. The van der Waals surface area contributed by atoms with E-state index >= 15 is 0 Å². The van der Waals surface area contributed by atoms with E-state index in [9.17, 15) is 9.18 Å². The summed E-state index contributed by atoms with van der Waals surface area (Å²) >= 11 is 0. The Balaban J connectivity index is 1.73. The van der Waals surface area contributed by atoms with Crippen molar-refractivity contribution in [1.82, 2.24) is 5.32 Å². The van der Waals surface area contributed by atoms with Crippen molar-refractivity contribution in [3.63, 3.8) is 0 Å². The Bertz CT molecular complexity index is 720. The second kappa shape index (κ2) is 7.45. The van der Waals surface area contributed by atoms with E-state index in [0.717, 1.165) is 19.4 Å². The van der Waals surface area contributed by atoms with E-state index in [4.69, 9.17) is 4.74 Å². The van der Waals surface area contributed by atoms with E-state index in [-0.39, 0.29) is 17.6 Å². The molecule has 0 radical (unpaired) electrons. The van der Waals surface area contributed by atoms with Gasteiger partial charge in [0.25, 0.3) is 0 Å². The molecule has 0 aromatic heterocycles. The Morgan fingerprint density at radius 1 is 1.25 bits per heavy atom. The summed E-state index contributed by atoms with van der Waals surface area (Å²) < 4.78 is 19.0. The highest BCUT2D eigenvalue weighted by Crippen LogP contribution is 2.30. The lowest BCUT2D eigenvalue weighted by Crippen LogP contribution is -2.40. The SMILES string of the molecule is C[C@H]1C[C@@H](C(=O)Nc2ccccc2Oc2cccc(F)c2)CCN1. The van der Waals surface area contributed by atoms with Crippen molar-refractivity contribution < 1.29 is 13.9 Å². The second-order valence-electron chi connectivity index (χ2n) is 6.12. The van der Waals surface area contributed by atoms with Gasteiger partial charge < -0.3 is 15.4 Å². The summed E-state index contributed by atoms with van der Waals surface area (Å²) in [5.74, 6) is 0.519. The second-order valence-corrected chi connectivity index (χ2v) is 6.12. The topological polar surface area (TPSA) is 50.4 Å². The first-order valence-electron chi connectivity index (χ1n) is 8.18. The number of hydrogen-bond acceptors (Lipinski definition) is 3. The highest BCUT2D eigenvalue weighted by Gasteiger charge is 2.25. The quantitative estimate of drug-likeness (QED) is 0.893. The number of carbonyl (C=O) groups excluding carboxylic acids is 1. The number of benzene rings is 2. The molecule has 1 aliphatic rings. The van der Waals surface area contributed by atoms with Gasteiger partial charge >= 0.3 is 0 Å². The van der Waals surface area contributed by atoms with Crippen LogP contribution >= 0.6 is 0 Å². The Morgan fingerprint density at radius 3 is 2.88 bits per heavy atom. The van der Waals surface area contributed by atoms with Crippen molar-refractivity contribution in [2.75, 3.05) is 11.9 Å². The minimum Gasteiger partial charge on any atom is -0.455 e. The van der Waals surface area contributed by atoms with Gasteiger partial charge in [-0.25, -0.2) is 4.39 Å². The van der Waals surface area contributed by atoms with Crippen molar-refractivity contribution in [2.45, 2.75) is 25.8 Å². The average Bonchev–Trinajstić information content (AvgIpc) is 2.57. The lowest BCUT2D eigenvalue weighted by Gasteiger charge is -2.27. The predicted molar refractivity (Wildman–Crippen MR) is 91.7 cm³/mol. The van der Waals surface area contributed by atoms with Gasteiger partial charge in [0.05, 0.1) is 5.69 Å². The van der Waals surface area contributed by atoms with Crippen LogP contribution in [0.4, 0.5) is 10.1 Å². The third-order valence-corrected chi connectivity index (χ3v) is 4.16. The number of piperidine rings is 1. The molecule has 2 atom stereocenters. The third kappa shape index (κ3) is 4.11. The maximum atomic E-state index is 13.3. The van der Waals surface area contributed by atoms with E-state index in [2.05, 4.69) is 17.6 Å². The Morgan fingerprint density at radius 2 is 2.08 bits per heavy atom. The van der Waals surface area contributed by atoms with Crippen LogP contribution in [-0.2, 0) is 4.79 Å². The predicted octanol–water partition coefficient (Wildman–Crippen LogP) is 3.94. The first-order valence-corrected chi connectivity index (χ1v) is 8.18. The molecule has 24 heavy (non-hydrogen) atoms. The van der Waals surface area contributed by atoms with Gasteiger partial charge in [-0.05, 0) is 50.6 Å². The van der Waals surface area contributed by atoms with Crippen LogP contribution in [-0.4, -0.2) is 18.5 Å². The number of rotatable bonds is 4. The van der Waals surface area contributed by atoms with Crippen LogP contribution in [0.3, 0.4) is 0 Å². The lowest BCUT2D eigenvalue weighted by molar-refractivity contribution is -0.120. The molecule has 1 amide bonds. The minimum atomic E-state index is -0.363. The minimum absolute atomic E-state index is 0.00126. The number of amides is 1. The number of ether oxygens (including phenoxy) is 1. The van der Waals surface area contributed by atoms with Gasteiger partial charge in [-0.1, -0.05) is 18.2 Å². The Kier molecular flexibility index (Phi) is 5.11. The molecule has 4 nitrogen and oxygen atoms in total. The number of hydrogen-bond donors (Lipinski definition) is 2. The molecule has 1 aliphatic heterocycles. The van der Waals surface area contributed by atoms with Crippen molar-refractivity contribution in [3.8, 4) is 11.5 Å². The van der Waals surface area contributed by atoms with Crippen LogP contribution in [0.1, 0.15) is 19.8 Å². The van der Waals surface area contributed by atoms with Crippen LogP contribution in [0.5, 0.6) is 11.5 Å². The molecule has 0 unspecified atom stereocenters. The number of anilines is 1. The van der Waals surface area contributed by atoms with E-state index in [1.54, 1.807) is 24.3 Å². The molecular weight excluding hydrogens is 307 g/mol. The third-order valence-electron chi connectivity index (χ3n) is 4.16. The van der Waals surface area contributed by atoms with Gasteiger partial charge in [0.2, 0.25) is 5.91 Å². The maximum Gasteiger partial charge on any atom is 0.227 e. The molecule has 1 heterocycles. The molecule has 0 spiro atoms. The fourth-order valence-corrected chi connectivity index (χ4v) is 2.92. The van der Waals surface area contributed by atoms with E-state index in [1.807, 2.05) is 12.1 Å². The fourth-order valence-electron chi connectivity index (χ4n) is 2.92. The van der Waals surface area contributed by atoms with Crippen LogP contribution in [0.2, 0.25) is 0 Å². The van der Waals surface area contributed by atoms with Gasteiger partial charge in [0.15, 0.2) is 5.75 Å². The molecule has 1 saturated heterocycles. The largest absolute Gasteiger partial charge is 0.455 e. The molecule has 0 saturated carbocycles. The zero-order chi connectivity index (χ0) is 16.9. The summed E-state index contributed by atoms with van der Waals surface area (Å²) in [6.45, 7) is 2.93. The van der Waals surface area contributed by atoms with Gasteiger partial charge in [0, 0.05) is 18.0 Å². The summed E-state index contributed by atoms with van der Waals surface area (Å²) in [5, 5.41) is 6.29. The van der Waals surface area contributed by atoms with Gasteiger partial charge in [-0.15, -0.1) is 0 Å². The summed E-state index contributed by atoms with van der Waals surface area (Å²) in [5.41, 5.74) is 0.595. The highest BCUT2D eigenvalue weighted by atomic mass is 19.1. The van der Waals surface area contributed by atoms with E-state index in [1.165, 1.54) is 12.1 Å². The monoisotopic (exact) mass is 328 g/mol. The number of halogens is 1. The Labute approximate surface area is 141 Å². The molecular formula is C19H21FN2O2. The molecule has 3 rings (SSSR count). The van der Waals surface area contributed by atoms with Gasteiger partial charge in [-0.2, -0.15) is 0 Å². The highest BCUT2D eigenvalue weighted by molar-refractivity contribution is 5.94. The number of nitrogens with one attached hydrogen (secondary N) is 2. The maximum absolute atomic E-state index is 13.3. The van der Waals surface area contributed by atoms with Crippen LogP contribution in [0.25, 0.3) is 0 Å². The standard InChI is InChI=1S/C19H21FN2O2/c1-13-11-14(9-10-21-13)19(23)22-17-7-2-3-8-18(17)24-16-6-4-5-15(20)12-16/h2-8,12-14,21H,9-11H2,1H3,(H,22,23)/t13-,14-/m0/s1. The normalized spacial score (nSPS) is 20.4. The smallest absolute Gasteiger partial charge is 0.227 e. The van der Waals surface area contributed by atoms with E-state index in [0.29, 0.717) is 23.2 Å². The summed E-state index contributed by atoms with van der Waals surface area (Å²) in [7, 11) is 0. The molecule has 0 bridgehead atoms. The van der Waals surface area contributed by atoms with Crippen LogP contribution < -0.4 is 15.4 Å². The zero-order valence-corrected chi connectivity index (χ0v) is 13.6. The zero-order valence-electron chi connectivity index (χ0n) is 13.6. The first-order chi connectivity index (χ1) is 11.6. The summed E-state index contributed by atoms with van der Waals surface area (Å²) in [6.07, 6.45) is 1.64. The fraction of sp³-hybridized carbons (Fsp3) is 0.316. The molecule has 0 aliphatic carbocycles. The first kappa shape index (κ1) is 16.5. The molecule has 126 valence electrons. The van der Waals surface area contributed by atoms with Crippen molar-refractivity contribution >= 4 is 11.6 Å². The number of carbonyl (C=O) groups is 1. The molecule has 2 aromatic carbocycles. The average molecular weight is 328 g/mol. The molecule has 5 heteroatoms. The molecule has 2 aromatic rings. The van der Waals surface area contributed by atoms with Crippen molar-refractivity contribution in [3.05, 3.63) is 54.3 Å². The van der Waals surface area contributed by atoms with Crippen molar-refractivity contribution in [2.24, 2.45) is 5.92 Å². The van der Waals surface area contributed by atoms with Crippen LogP contribution in [0, 0.1) is 11.7 Å². The van der Waals surface area contributed by atoms with Crippen molar-refractivity contribution in [1.29, 1.82) is 0 Å². The lowest BCUT2D eigenvalue weighted by atomic mass is 9.92. The molecule has 1 fully saturated rings. The van der Waals surface area contributed by atoms with Gasteiger partial charge in [0.1, 0.15) is 11.6 Å². The Hall–Kier alpha value is -2.40.